The van der Waals surface area contributed by atoms with E-state index in [4.69, 9.17) is 4.74 Å². The van der Waals surface area contributed by atoms with Gasteiger partial charge in [-0.2, -0.15) is 0 Å². The van der Waals surface area contributed by atoms with Gasteiger partial charge in [-0.3, -0.25) is 4.79 Å². The summed E-state index contributed by atoms with van der Waals surface area (Å²) in [6.07, 6.45) is 1.54. The van der Waals surface area contributed by atoms with Crippen molar-refractivity contribution in [3.8, 4) is 0 Å². The fourth-order valence-electron chi connectivity index (χ4n) is 2.11. The van der Waals surface area contributed by atoms with Gasteiger partial charge < -0.3 is 10.1 Å². The smallest absolute Gasteiger partial charge is 0.253 e. The molecule has 92 valence electrons. The van der Waals surface area contributed by atoms with E-state index in [1.54, 1.807) is 0 Å². The van der Waals surface area contributed by atoms with E-state index >= 15 is 0 Å². The average molecular weight is 233 g/mol. The van der Waals surface area contributed by atoms with Crippen LogP contribution in [-0.4, -0.2) is 18.6 Å². The van der Waals surface area contributed by atoms with Crippen LogP contribution in [0.3, 0.4) is 0 Å². The second kappa shape index (κ2) is 5.32. The molecule has 0 unspecified atom stereocenters. The summed E-state index contributed by atoms with van der Waals surface area (Å²) in [6, 6.07) is 7.94. The first-order chi connectivity index (χ1) is 8.18. The lowest BCUT2D eigenvalue weighted by Crippen LogP contribution is -2.27. The fourth-order valence-corrected chi connectivity index (χ4v) is 2.11. The maximum Gasteiger partial charge on any atom is 0.253 e. The minimum Gasteiger partial charge on any atom is -0.368 e. The Morgan fingerprint density at radius 2 is 2.18 bits per heavy atom. The Hall–Kier alpha value is -1.35. The molecule has 0 aliphatic carbocycles. The molecule has 1 fully saturated rings. The summed E-state index contributed by atoms with van der Waals surface area (Å²) in [7, 11) is 0. The number of ether oxygens (including phenoxy) is 1. The van der Waals surface area contributed by atoms with Gasteiger partial charge in [0.1, 0.15) is 6.10 Å². The highest BCUT2D eigenvalue weighted by atomic mass is 16.5. The van der Waals surface area contributed by atoms with Crippen LogP contribution >= 0.6 is 0 Å². The second-order valence-electron chi connectivity index (χ2n) is 4.73. The predicted octanol–water partition coefficient (Wildman–Crippen LogP) is 2.93. The fraction of sp³-hybridized carbons (Fsp3) is 0.500. The first-order valence-corrected chi connectivity index (χ1v) is 6.20. The van der Waals surface area contributed by atoms with Crippen LogP contribution in [0.4, 0.5) is 5.69 Å². The largest absolute Gasteiger partial charge is 0.368 e. The average Bonchev–Trinajstić information content (AvgIpc) is 2.83. The van der Waals surface area contributed by atoms with E-state index in [0.717, 1.165) is 18.5 Å². The lowest BCUT2D eigenvalue weighted by atomic mass is 10.0. The number of benzene rings is 1. The molecule has 1 atom stereocenters. The highest BCUT2D eigenvalue weighted by Gasteiger charge is 2.24. The van der Waals surface area contributed by atoms with Gasteiger partial charge in [0, 0.05) is 12.3 Å². The van der Waals surface area contributed by atoms with Crippen molar-refractivity contribution < 1.29 is 9.53 Å². The van der Waals surface area contributed by atoms with Gasteiger partial charge in [-0.15, -0.1) is 0 Å². The predicted molar refractivity (Wildman–Crippen MR) is 68.1 cm³/mol. The molecule has 1 aromatic rings. The summed E-state index contributed by atoms with van der Waals surface area (Å²) < 4.78 is 5.38. The van der Waals surface area contributed by atoms with E-state index in [1.807, 2.05) is 18.2 Å². The Morgan fingerprint density at radius 3 is 2.82 bits per heavy atom. The van der Waals surface area contributed by atoms with Gasteiger partial charge >= 0.3 is 0 Å². The summed E-state index contributed by atoms with van der Waals surface area (Å²) in [6.45, 7) is 4.94. The molecular weight excluding hydrogens is 214 g/mol. The first-order valence-electron chi connectivity index (χ1n) is 6.20. The van der Waals surface area contributed by atoms with E-state index in [0.29, 0.717) is 12.5 Å². The normalized spacial score (nSPS) is 19.6. The molecule has 1 amide bonds. The molecule has 0 spiro atoms. The molecule has 3 nitrogen and oxygen atoms in total. The molecular formula is C14H19NO2. The molecule has 1 aliphatic heterocycles. The summed E-state index contributed by atoms with van der Waals surface area (Å²) >= 11 is 0. The number of hydrogen-bond acceptors (Lipinski definition) is 2. The Balaban J connectivity index is 2.09. The molecule has 0 saturated carbocycles. The van der Waals surface area contributed by atoms with E-state index < -0.39 is 0 Å². The maximum absolute atomic E-state index is 12.0. The quantitative estimate of drug-likeness (QED) is 0.871. The zero-order valence-corrected chi connectivity index (χ0v) is 10.4. The highest BCUT2D eigenvalue weighted by Crippen LogP contribution is 2.24. The molecule has 0 radical (unpaired) electrons. The van der Waals surface area contributed by atoms with Gasteiger partial charge in [0.2, 0.25) is 0 Å². The first kappa shape index (κ1) is 12.1. The van der Waals surface area contributed by atoms with Gasteiger partial charge in [-0.1, -0.05) is 32.0 Å². The zero-order chi connectivity index (χ0) is 12.3. The standard InChI is InChI=1S/C14H19NO2/c1-10(2)11-6-3-4-7-12(11)15-14(16)13-8-5-9-17-13/h3-4,6-7,10,13H,5,8-9H2,1-2H3,(H,15,16)/t13-/m1/s1. The van der Waals surface area contributed by atoms with Gasteiger partial charge in [-0.25, -0.2) is 0 Å². The topological polar surface area (TPSA) is 38.3 Å². The van der Waals surface area contributed by atoms with Crippen molar-refractivity contribution in [1.29, 1.82) is 0 Å². The van der Waals surface area contributed by atoms with E-state index in [1.165, 1.54) is 5.56 Å². The molecule has 0 bridgehead atoms. The van der Waals surface area contributed by atoms with Crippen LogP contribution in [0.1, 0.15) is 38.2 Å². The number of nitrogens with one attached hydrogen (secondary N) is 1. The van der Waals surface area contributed by atoms with Crippen molar-refractivity contribution in [1.82, 2.24) is 0 Å². The molecule has 17 heavy (non-hydrogen) atoms. The SMILES string of the molecule is CC(C)c1ccccc1NC(=O)[C@H]1CCCO1. The number of rotatable bonds is 3. The Morgan fingerprint density at radius 1 is 1.41 bits per heavy atom. The van der Waals surface area contributed by atoms with Crippen molar-refractivity contribution in [3.63, 3.8) is 0 Å². The third-order valence-corrected chi connectivity index (χ3v) is 3.06. The van der Waals surface area contributed by atoms with Gasteiger partial charge in [0.25, 0.3) is 5.91 Å². The third kappa shape index (κ3) is 2.86. The third-order valence-electron chi connectivity index (χ3n) is 3.06. The zero-order valence-electron chi connectivity index (χ0n) is 10.4. The molecule has 2 rings (SSSR count). The maximum atomic E-state index is 12.0. The molecule has 0 aromatic heterocycles. The van der Waals surface area contributed by atoms with E-state index in [9.17, 15) is 4.79 Å². The number of amides is 1. The van der Waals surface area contributed by atoms with Crippen LogP contribution in [0.25, 0.3) is 0 Å². The van der Waals surface area contributed by atoms with Crippen molar-refractivity contribution in [2.75, 3.05) is 11.9 Å². The summed E-state index contributed by atoms with van der Waals surface area (Å²) in [5.41, 5.74) is 2.07. The number of anilines is 1. The monoisotopic (exact) mass is 233 g/mol. The molecule has 1 saturated heterocycles. The van der Waals surface area contributed by atoms with Crippen LogP contribution in [0, 0.1) is 0 Å². The summed E-state index contributed by atoms with van der Waals surface area (Å²) in [4.78, 5) is 12.0. The van der Waals surface area contributed by atoms with Gasteiger partial charge in [0.15, 0.2) is 0 Å². The minimum absolute atomic E-state index is 0.0180. The molecule has 1 heterocycles. The van der Waals surface area contributed by atoms with Crippen molar-refractivity contribution >= 4 is 11.6 Å². The number of para-hydroxylation sites is 1. The minimum atomic E-state index is -0.268. The number of carbonyl (C=O) groups excluding carboxylic acids is 1. The van der Waals surface area contributed by atoms with Crippen molar-refractivity contribution in [3.05, 3.63) is 29.8 Å². The van der Waals surface area contributed by atoms with E-state index in [-0.39, 0.29) is 12.0 Å². The highest BCUT2D eigenvalue weighted by molar-refractivity contribution is 5.95. The lowest BCUT2D eigenvalue weighted by Gasteiger charge is -2.15. The van der Waals surface area contributed by atoms with Crippen LogP contribution in [0.5, 0.6) is 0 Å². The Kier molecular flexibility index (Phi) is 3.79. The molecule has 1 aliphatic rings. The lowest BCUT2D eigenvalue weighted by molar-refractivity contribution is -0.124. The Bertz CT molecular complexity index is 395. The number of carbonyl (C=O) groups is 1. The van der Waals surface area contributed by atoms with E-state index in [2.05, 4.69) is 25.2 Å². The van der Waals surface area contributed by atoms with Crippen LogP contribution in [0.15, 0.2) is 24.3 Å². The summed E-state index contributed by atoms with van der Waals surface area (Å²) in [5, 5.41) is 2.97. The van der Waals surface area contributed by atoms with Crippen LogP contribution in [0.2, 0.25) is 0 Å². The summed E-state index contributed by atoms with van der Waals surface area (Å²) in [5.74, 6) is 0.381. The van der Waals surface area contributed by atoms with Crippen LogP contribution in [-0.2, 0) is 9.53 Å². The van der Waals surface area contributed by atoms with Crippen LogP contribution < -0.4 is 5.32 Å². The van der Waals surface area contributed by atoms with Crippen molar-refractivity contribution in [2.24, 2.45) is 0 Å². The second-order valence-corrected chi connectivity index (χ2v) is 4.73. The van der Waals surface area contributed by atoms with Gasteiger partial charge in [0.05, 0.1) is 0 Å². The molecule has 3 heteroatoms. The molecule has 1 aromatic carbocycles. The van der Waals surface area contributed by atoms with Crippen molar-refractivity contribution in [2.45, 2.75) is 38.7 Å². The molecule has 1 N–H and O–H groups in total. The Labute approximate surface area is 102 Å². The van der Waals surface area contributed by atoms with Gasteiger partial charge in [-0.05, 0) is 30.4 Å². The number of hydrogen-bond donors (Lipinski definition) is 1.